The largest absolute Gasteiger partial charge is 0.389 e. The van der Waals surface area contributed by atoms with E-state index >= 15 is 0 Å². The molecule has 0 atom stereocenters. The van der Waals surface area contributed by atoms with Gasteiger partial charge in [0.2, 0.25) is 5.91 Å². The van der Waals surface area contributed by atoms with E-state index in [9.17, 15) is 9.90 Å². The fourth-order valence-electron chi connectivity index (χ4n) is 2.46. The Balaban J connectivity index is 1.83. The molecule has 0 radical (unpaired) electrons. The molecule has 0 unspecified atom stereocenters. The fourth-order valence-corrected chi connectivity index (χ4v) is 2.46. The molecule has 1 saturated carbocycles. The number of hydrogen-bond donors (Lipinski definition) is 2. The number of nitrogens with one attached hydrogen (secondary N) is 1. The quantitative estimate of drug-likeness (QED) is 0.852. The Bertz CT molecular complexity index is 426. The van der Waals surface area contributed by atoms with Gasteiger partial charge in [-0.25, -0.2) is 0 Å². The van der Waals surface area contributed by atoms with Crippen LogP contribution in [-0.2, 0) is 11.3 Å². The van der Waals surface area contributed by atoms with E-state index in [1.54, 1.807) is 6.20 Å². The van der Waals surface area contributed by atoms with E-state index in [2.05, 4.69) is 10.3 Å². The Labute approximate surface area is 107 Å². The first-order valence-electron chi connectivity index (χ1n) is 6.49. The standard InChI is InChI=1S/C14H20N2O2/c1-11-5-4-8-15-12(11)10-16-13(17)9-14(18)6-2-3-7-14/h4-5,8,18H,2-3,6-7,9-10H2,1H3,(H,16,17). The van der Waals surface area contributed by atoms with Gasteiger partial charge in [-0.05, 0) is 31.4 Å². The topological polar surface area (TPSA) is 62.2 Å². The van der Waals surface area contributed by atoms with Crippen molar-refractivity contribution in [2.75, 3.05) is 0 Å². The first-order chi connectivity index (χ1) is 8.59. The summed E-state index contributed by atoms with van der Waals surface area (Å²) in [6.07, 6.45) is 5.44. The van der Waals surface area contributed by atoms with Gasteiger partial charge in [0.05, 0.1) is 24.3 Å². The highest BCUT2D eigenvalue weighted by Gasteiger charge is 2.33. The van der Waals surface area contributed by atoms with Crippen molar-refractivity contribution < 1.29 is 9.90 Å². The normalized spacial score (nSPS) is 17.7. The molecule has 0 aromatic carbocycles. The van der Waals surface area contributed by atoms with Crippen LogP contribution in [0, 0.1) is 6.92 Å². The highest BCUT2D eigenvalue weighted by atomic mass is 16.3. The number of aliphatic hydroxyl groups is 1. The second-order valence-corrected chi connectivity index (χ2v) is 5.15. The molecule has 1 heterocycles. The maximum absolute atomic E-state index is 11.8. The number of amides is 1. The lowest BCUT2D eigenvalue weighted by atomic mass is 9.98. The average Bonchev–Trinajstić information content (AvgIpc) is 2.74. The number of carbonyl (C=O) groups is 1. The predicted molar refractivity (Wildman–Crippen MR) is 68.9 cm³/mol. The van der Waals surface area contributed by atoms with Crippen molar-refractivity contribution in [3.8, 4) is 0 Å². The summed E-state index contributed by atoms with van der Waals surface area (Å²) >= 11 is 0. The van der Waals surface area contributed by atoms with Crippen molar-refractivity contribution in [1.82, 2.24) is 10.3 Å². The van der Waals surface area contributed by atoms with Gasteiger partial charge in [0.1, 0.15) is 0 Å². The minimum Gasteiger partial charge on any atom is -0.389 e. The number of pyridine rings is 1. The molecule has 4 nitrogen and oxygen atoms in total. The van der Waals surface area contributed by atoms with Crippen LogP contribution in [0.3, 0.4) is 0 Å². The van der Waals surface area contributed by atoms with Crippen molar-refractivity contribution in [3.05, 3.63) is 29.6 Å². The van der Waals surface area contributed by atoms with Crippen LogP contribution in [0.15, 0.2) is 18.3 Å². The number of rotatable bonds is 4. The summed E-state index contributed by atoms with van der Waals surface area (Å²) < 4.78 is 0. The molecule has 1 aromatic heterocycles. The maximum atomic E-state index is 11.8. The molecular weight excluding hydrogens is 228 g/mol. The second-order valence-electron chi connectivity index (χ2n) is 5.15. The van der Waals surface area contributed by atoms with E-state index in [-0.39, 0.29) is 12.3 Å². The first-order valence-corrected chi connectivity index (χ1v) is 6.49. The van der Waals surface area contributed by atoms with Crippen LogP contribution in [0.1, 0.15) is 43.4 Å². The van der Waals surface area contributed by atoms with Gasteiger partial charge >= 0.3 is 0 Å². The summed E-state index contributed by atoms with van der Waals surface area (Å²) in [6, 6.07) is 3.85. The lowest BCUT2D eigenvalue weighted by molar-refractivity contribution is -0.126. The minimum atomic E-state index is -0.775. The summed E-state index contributed by atoms with van der Waals surface area (Å²) in [6.45, 7) is 2.40. The van der Waals surface area contributed by atoms with Crippen LogP contribution in [0.5, 0.6) is 0 Å². The van der Waals surface area contributed by atoms with Crippen LogP contribution in [0.25, 0.3) is 0 Å². The monoisotopic (exact) mass is 248 g/mol. The van der Waals surface area contributed by atoms with Gasteiger partial charge in [0.25, 0.3) is 0 Å². The van der Waals surface area contributed by atoms with Gasteiger partial charge in [-0.3, -0.25) is 9.78 Å². The van der Waals surface area contributed by atoms with E-state index in [4.69, 9.17) is 0 Å². The Morgan fingerprint density at radius 1 is 1.50 bits per heavy atom. The van der Waals surface area contributed by atoms with Crippen LogP contribution in [-0.4, -0.2) is 21.6 Å². The van der Waals surface area contributed by atoms with E-state index in [0.29, 0.717) is 6.54 Å². The highest BCUT2D eigenvalue weighted by Crippen LogP contribution is 2.32. The van der Waals surface area contributed by atoms with Gasteiger partial charge in [-0.1, -0.05) is 18.9 Å². The van der Waals surface area contributed by atoms with Gasteiger partial charge in [0, 0.05) is 6.20 Å². The summed E-state index contributed by atoms with van der Waals surface area (Å²) in [4.78, 5) is 16.0. The molecule has 1 aliphatic rings. The van der Waals surface area contributed by atoms with Gasteiger partial charge in [-0.2, -0.15) is 0 Å². The van der Waals surface area contributed by atoms with Crippen molar-refractivity contribution in [2.45, 2.75) is 51.2 Å². The van der Waals surface area contributed by atoms with Crippen LogP contribution in [0.2, 0.25) is 0 Å². The molecule has 0 spiro atoms. The third kappa shape index (κ3) is 3.29. The van der Waals surface area contributed by atoms with E-state index in [1.165, 1.54) is 0 Å². The molecule has 4 heteroatoms. The Morgan fingerprint density at radius 3 is 2.89 bits per heavy atom. The molecule has 1 aromatic rings. The number of hydrogen-bond acceptors (Lipinski definition) is 3. The summed E-state index contributed by atoms with van der Waals surface area (Å²) in [5, 5.41) is 13.0. The average molecular weight is 248 g/mol. The second kappa shape index (κ2) is 5.48. The molecule has 1 aliphatic carbocycles. The van der Waals surface area contributed by atoms with Gasteiger partial charge in [-0.15, -0.1) is 0 Å². The molecule has 98 valence electrons. The fraction of sp³-hybridized carbons (Fsp3) is 0.571. The first kappa shape index (κ1) is 13.0. The van der Waals surface area contributed by atoms with Crippen molar-refractivity contribution >= 4 is 5.91 Å². The zero-order chi connectivity index (χ0) is 13.0. The molecule has 0 bridgehead atoms. The maximum Gasteiger partial charge on any atom is 0.223 e. The van der Waals surface area contributed by atoms with Crippen LogP contribution in [0.4, 0.5) is 0 Å². The zero-order valence-electron chi connectivity index (χ0n) is 10.8. The number of aromatic nitrogens is 1. The molecular formula is C14H20N2O2. The molecule has 18 heavy (non-hydrogen) atoms. The highest BCUT2D eigenvalue weighted by molar-refractivity contribution is 5.77. The molecule has 0 saturated heterocycles. The molecule has 1 amide bonds. The third-order valence-corrected chi connectivity index (χ3v) is 3.59. The molecule has 2 N–H and O–H groups in total. The smallest absolute Gasteiger partial charge is 0.223 e. The van der Waals surface area contributed by atoms with E-state index < -0.39 is 5.60 Å². The van der Waals surface area contributed by atoms with Gasteiger partial charge < -0.3 is 10.4 Å². The third-order valence-electron chi connectivity index (χ3n) is 3.59. The Kier molecular flexibility index (Phi) is 3.97. The van der Waals surface area contributed by atoms with Crippen LogP contribution < -0.4 is 5.32 Å². The van der Waals surface area contributed by atoms with E-state index in [0.717, 1.165) is 36.9 Å². The summed E-state index contributed by atoms with van der Waals surface area (Å²) in [7, 11) is 0. The Morgan fingerprint density at radius 2 is 2.22 bits per heavy atom. The molecule has 2 rings (SSSR count). The van der Waals surface area contributed by atoms with Crippen molar-refractivity contribution in [3.63, 3.8) is 0 Å². The SMILES string of the molecule is Cc1cccnc1CNC(=O)CC1(O)CCCC1. The summed E-state index contributed by atoms with van der Waals surface area (Å²) in [5.74, 6) is -0.0931. The van der Waals surface area contributed by atoms with Crippen LogP contribution >= 0.6 is 0 Å². The van der Waals surface area contributed by atoms with Gasteiger partial charge in [0.15, 0.2) is 0 Å². The van der Waals surface area contributed by atoms with Crippen molar-refractivity contribution in [1.29, 1.82) is 0 Å². The summed E-state index contributed by atoms with van der Waals surface area (Å²) in [5.41, 5.74) is 1.17. The molecule has 0 aliphatic heterocycles. The number of aryl methyl sites for hydroxylation is 1. The molecule has 1 fully saturated rings. The van der Waals surface area contributed by atoms with E-state index in [1.807, 2.05) is 19.1 Å². The number of nitrogens with zero attached hydrogens (tertiary/aromatic N) is 1. The minimum absolute atomic E-state index is 0.0931. The number of carbonyl (C=O) groups excluding carboxylic acids is 1. The predicted octanol–water partition coefficient (Wildman–Crippen LogP) is 1.70. The lowest BCUT2D eigenvalue weighted by Crippen LogP contribution is -2.34. The lowest BCUT2D eigenvalue weighted by Gasteiger charge is -2.21. The van der Waals surface area contributed by atoms with Crippen molar-refractivity contribution in [2.24, 2.45) is 0 Å². The Hall–Kier alpha value is -1.42. The zero-order valence-corrected chi connectivity index (χ0v) is 10.8.